The molecule has 2 aromatic heterocycles. The number of anilines is 2. The first kappa shape index (κ1) is 23.3. The summed E-state index contributed by atoms with van der Waals surface area (Å²) >= 11 is 2.78. The third-order valence-corrected chi connectivity index (χ3v) is 7.96. The van der Waals surface area contributed by atoms with Crippen LogP contribution in [0.2, 0.25) is 0 Å². The quantitative estimate of drug-likeness (QED) is 0.366. The van der Waals surface area contributed by atoms with Crippen LogP contribution in [0.5, 0.6) is 0 Å². The normalized spacial score (nSPS) is 14.8. The minimum atomic E-state index is -0.824. The number of carbonyl (C=O) groups is 2. The second-order valence-corrected chi connectivity index (χ2v) is 10.5. The summed E-state index contributed by atoms with van der Waals surface area (Å²) in [4.78, 5) is 34.6. The molecular weight excluding hydrogens is 460 g/mol. The molecule has 1 aromatic carbocycles. The SMILES string of the molecule is CC(CSc1cnc(NC(=O)N(CC2CCCC2)c2cccc(-c3ncco3)c2)s1)C(=O)O. The molecule has 1 atom stereocenters. The Bertz CT molecular complexity index is 1080. The summed E-state index contributed by atoms with van der Waals surface area (Å²) in [5.41, 5.74) is 1.58. The summed E-state index contributed by atoms with van der Waals surface area (Å²) in [7, 11) is 0. The largest absolute Gasteiger partial charge is 0.481 e. The fourth-order valence-electron chi connectivity index (χ4n) is 3.75. The zero-order chi connectivity index (χ0) is 23.2. The molecule has 1 aliphatic carbocycles. The van der Waals surface area contributed by atoms with E-state index in [1.807, 2.05) is 24.3 Å². The number of hydrogen-bond donors (Lipinski definition) is 2. The van der Waals surface area contributed by atoms with Crippen LogP contribution in [-0.2, 0) is 4.79 Å². The second-order valence-electron chi connectivity index (χ2n) is 8.11. The van der Waals surface area contributed by atoms with Crippen LogP contribution in [0.25, 0.3) is 11.5 Å². The van der Waals surface area contributed by atoms with Crippen molar-refractivity contribution >= 4 is 45.9 Å². The fraction of sp³-hybridized carbons (Fsp3) is 0.391. The molecule has 0 aliphatic heterocycles. The van der Waals surface area contributed by atoms with Gasteiger partial charge in [-0.3, -0.25) is 15.0 Å². The lowest BCUT2D eigenvalue weighted by molar-refractivity contribution is -0.140. The monoisotopic (exact) mass is 486 g/mol. The number of hydrogen-bond acceptors (Lipinski definition) is 7. The maximum Gasteiger partial charge on any atom is 0.328 e. The highest BCUT2D eigenvalue weighted by Gasteiger charge is 2.24. The molecule has 1 fully saturated rings. The standard InChI is InChI=1S/C23H26N4O4S2/c1-15(21(28)29)14-32-19-12-25-22(33-19)26-23(30)27(13-16-5-2-3-6-16)18-8-4-7-17(11-18)20-24-9-10-31-20/h4,7-12,15-16H,2-3,5-6,13-14H2,1H3,(H,28,29)(H,25,26,30). The number of thioether (sulfide) groups is 1. The number of benzene rings is 1. The van der Waals surface area contributed by atoms with Crippen LogP contribution in [0, 0.1) is 11.8 Å². The maximum atomic E-state index is 13.3. The summed E-state index contributed by atoms with van der Waals surface area (Å²) in [6.07, 6.45) is 9.41. The number of nitrogens with one attached hydrogen (secondary N) is 1. The van der Waals surface area contributed by atoms with E-state index in [4.69, 9.17) is 9.52 Å². The minimum Gasteiger partial charge on any atom is -0.481 e. The molecule has 2 N–H and O–H groups in total. The van der Waals surface area contributed by atoms with Gasteiger partial charge in [-0.15, -0.1) is 11.8 Å². The van der Waals surface area contributed by atoms with Crippen molar-refractivity contribution in [2.24, 2.45) is 11.8 Å². The summed E-state index contributed by atoms with van der Waals surface area (Å²) in [6.45, 7) is 2.30. The van der Waals surface area contributed by atoms with E-state index in [1.165, 1.54) is 42.2 Å². The number of amides is 2. The van der Waals surface area contributed by atoms with Crippen molar-refractivity contribution in [3.8, 4) is 11.5 Å². The van der Waals surface area contributed by atoms with Crippen molar-refractivity contribution in [3.05, 3.63) is 42.9 Å². The number of rotatable bonds is 9. The molecule has 0 bridgehead atoms. The number of carbonyl (C=O) groups excluding carboxylic acids is 1. The van der Waals surface area contributed by atoms with Gasteiger partial charge < -0.3 is 9.52 Å². The Kier molecular flexibility index (Phi) is 7.66. The van der Waals surface area contributed by atoms with Gasteiger partial charge in [0.1, 0.15) is 6.26 Å². The number of aliphatic carboxylic acids is 1. The Labute approximate surface area is 200 Å². The smallest absolute Gasteiger partial charge is 0.328 e. The molecule has 1 unspecified atom stereocenters. The number of carboxylic acids is 1. The van der Waals surface area contributed by atoms with E-state index in [9.17, 15) is 9.59 Å². The maximum absolute atomic E-state index is 13.3. The van der Waals surface area contributed by atoms with Crippen LogP contribution in [0.4, 0.5) is 15.6 Å². The van der Waals surface area contributed by atoms with E-state index in [-0.39, 0.29) is 6.03 Å². The molecule has 0 spiro atoms. The molecule has 0 radical (unpaired) electrons. The Morgan fingerprint density at radius 2 is 2.15 bits per heavy atom. The molecule has 174 valence electrons. The first-order valence-electron chi connectivity index (χ1n) is 10.9. The van der Waals surface area contributed by atoms with Crippen LogP contribution in [0.1, 0.15) is 32.6 Å². The molecule has 1 aliphatic rings. The predicted octanol–water partition coefficient (Wildman–Crippen LogP) is 5.84. The average Bonchev–Trinajstić information content (AvgIpc) is 3.59. The van der Waals surface area contributed by atoms with Crippen molar-refractivity contribution in [2.75, 3.05) is 22.5 Å². The van der Waals surface area contributed by atoms with Crippen molar-refractivity contribution in [3.63, 3.8) is 0 Å². The van der Waals surface area contributed by atoms with Crippen molar-refractivity contribution in [1.82, 2.24) is 9.97 Å². The summed E-state index contributed by atoms with van der Waals surface area (Å²) in [5.74, 6) is 0.145. The Morgan fingerprint density at radius 1 is 1.33 bits per heavy atom. The van der Waals surface area contributed by atoms with Gasteiger partial charge in [0.15, 0.2) is 5.13 Å². The summed E-state index contributed by atoms with van der Waals surface area (Å²) < 4.78 is 6.29. The molecule has 2 amide bonds. The highest BCUT2D eigenvalue weighted by molar-refractivity contribution is 8.01. The predicted molar refractivity (Wildman–Crippen MR) is 130 cm³/mol. The Morgan fingerprint density at radius 3 is 2.88 bits per heavy atom. The number of aromatic nitrogens is 2. The first-order chi connectivity index (χ1) is 16.0. The highest BCUT2D eigenvalue weighted by atomic mass is 32.2. The van der Waals surface area contributed by atoms with Gasteiger partial charge in [-0.25, -0.2) is 14.8 Å². The summed E-state index contributed by atoms with van der Waals surface area (Å²) in [5, 5.41) is 12.5. The number of carboxylic acid groups (broad SMARTS) is 1. The zero-order valence-corrected chi connectivity index (χ0v) is 19.9. The van der Waals surface area contributed by atoms with E-state index in [1.54, 1.807) is 24.2 Å². The van der Waals surface area contributed by atoms with Crippen LogP contribution in [0.3, 0.4) is 0 Å². The van der Waals surface area contributed by atoms with Crippen molar-refractivity contribution < 1.29 is 19.1 Å². The number of urea groups is 1. The molecular formula is C23H26N4O4S2. The van der Waals surface area contributed by atoms with Gasteiger partial charge in [0.05, 0.1) is 22.5 Å². The third-order valence-electron chi connectivity index (χ3n) is 5.59. The molecule has 4 rings (SSSR count). The molecule has 8 nitrogen and oxygen atoms in total. The second kappa shape index (κ2) is 10.8. The Balaban J connectivity index is 1.49. The average molecular weight is 487 g/mol. The molecule has 33 heavy (non-hydrogen) atoms. The molecule has 0 saturated heterocycles. The lowest BCUT2D eigenvalue weighted by atomic mass is 10.1. The van der Waals surface area contributed by atoms with Gasteiger partial charge in [0.2, 0.25) is 5.89 Å². The molecule has 2 heterocycles. The molecule has 3 aromatic rings. The minimum absolute atomic E-state index is 0.240. The highest BCUT2D eigenvalue weighted by Crippen LogP contribution is 2.32. The van der Waals surface area contributed by atoms with Crippen LogP contribution in [0.15, 0.2) is 51.5 Å². The van der Waals surface area contributed by atoms with E-state index in [0.717, 1.165) is 28.3 Å². The molecule has 10 heteroatoms. The van der Waals surface area contributed by atoms with Gasteiger partial charge in [-0.1, -0.05) is 37.2 Å². The first-order valence-corrected chi connectivity index (χ1v) is 12.7. The van der Waals surface area contributed by atoms with Gasteiger partial charge in [-0.2, -0.15) is 0 Å². The topological polar surface area (TPSA) is 109 Å². The van der Waals surface area contributed by atoms with Gasteiger partial charge in [0.25, 0.3) is 0 Å². The van der Waals surface area contributed by atoms with E-state index >= 15 is 0 Å². The van der Waals surface area contributed by atoms with Gasteiger partial charge >= 0.3 is 12.0 Å². The van der Waals surface area contributed by atoms with E-state index in [2.05, 4.69) is 15.3 Å². The number of nitrogens with zero attached hydrogens (tertiary/aromatic N) is 3. The lowest BCUT2D eigenvalue weighted by Gasteiger charge is -2.26. The van der Waals surface area contributed by atoms with Crippen molar-refractivity contribution in [1.29, 1.82) is 0 Å². The summed E-state index contributed by atoms with van der Waals surface area (Å²) in [6, 6.07) is 7.39. The van der Waals surface area contributed by atoms with Gasteiger partial charge in [0, 0.05) is 23.5 Å². The van der Waals surface area contributed by atoms with Crippen LogP contribution < -0.4 is 10.2 Å². The van der Waals surface area contributed by atoms with E-state index in [0.29, 0.717) is 29.2 Å². The van der Waals surface area contributed by atoms with Crippen LogP contribution >= 0.6 is 23.1 Å². The van der Waals surface area contributed by atoms with Crippen molar-refractivity contribution in [2.45, 2.75) is 36.8 Å². The third kappa shape index (κ3) is 6.14. The fourth-order valence-corrected chi connectivity index (χ4v) is 5.65. The van der Waals surface area contributed by atoms with Gasteiger partial charge in [-0.05, 0) is 37.0 Å². The zero-order valence-electron chi connectivity index (χ0n) is 18.3. The number of thiazole rings is 1. The Hall–Kier alpha value is -2.85. The molecule has 1 saturated carbocycles. The number of oxazole rings is 1. The lowest BCUT2D eigenvalue weighted by Crippen LogP contribution is -2.38. The van der Waals surface area contributed by atoms with E-state index < -0.39 is 11.9 Å². The van der Waals surface area contributed by atoms with Crippen LogP contribution in [-0.4, -0.2) is 39.4 Å².